The normalized spacial score (nSPS) is 10.5. The molecule has 0 saturated carbocycles. The molecule has 118 valence electrons. The van der Waals surface area contributed by atoms with Crippen molar-refractivity contribution in [3.05, 3.63) is 24.3 Å². The standard InChI is InChI=1S/C17H27NO3/c1-4-5-6-11-20-15-7-9-16(10-8-15)21-13-17(19)18-12-14(2)3/h7-10,14H,4-6,11-13H2,1-3H3,(H,18,19). The Hall–Kier alpha value is -1.71. The fourth-order valence-electron chi connectivity index (χ4n) is 1.69. The zero-order valence-electron chi connectivity index (χ0n) is 13.4. The molecule has 0 aliphatic carbocycles. The first kappa shape index (κ1) is 17.3. The zero-order chi connectivity index (χ0) is 15.5. The first-order chi connectivity index (χ1) is 10.1. The Balaban J connectivity index is 2.25. The van der Waals surface area contributed by atoms with Crippen LogP contribution in [0.2, 0.25) is 0 Å². The van der Waals surface area contributed by atoms with Gasteiger partial charge in [-0.2, -0.15) is 0 Å². The number of carbonyl (C=O) groups excluding carboxylic acids is 1. The third kappa shape index (κ3) is 8.23. The van der Waals surface area contributed by atoms with Crippen molar-refractivity contribution in [3.8, 4) is 11.5 Å². The van der Waals surface area contributed by atoms with Crippen LogP contribution in [0.4, 0.5) is 0 Å². The Kier molecular flexibility index (Phi) is 8.32. The molecule has 4 nitrogen and oxygen atoms in total. The van der Waals surface area contributed by atoms with Gasteiger partial charge in [-0.1, -0.05) is 33.6 Å². The summed E-state index contributed by atoms with van der Waals surface area (Å²) in [6.45, 7) is 7.74. The van der Waals surface area contributed by atoms with Gasteiger partial charge in [0, 0.05) is 6.54 Å². The first-order valence-corrected chi connectivity index (χ1v) is 7.74. The molecular formula is C17H27NO3. The summed E-state index contributed by atoms with van der Waals surface area (Å²) in [5, 5.41) is 2.81. The van der Waals surface area contributed by atoms with Crippen LogP contribution in [0.5, 0.6) is 11.5 Å². The lowest BCUT2D eigenvalue weighted by Crippen LogP contribution is -2.31. The lowest BCUT2D eigenvalue weighted by molar-refractivity contribution is -0.123. The van der Waals surface area contributed by atoms with Crippen molar-refractivity contribution in [1.29, 1.82) is 0 Å². The average Bonchev–Trinajstić information content (AvgIpc) is 2.48. The molecule has 0 aromatic heterocycles. The molecule has 21 heavy (non-hydrogen) atoms. The minimum atomic E-state index is -0.0939. The molecule has 1 rings (SSSR count). The highest BCUT2D eigenvalue weighted by Gasteiger charge is 2.03. The minimum Gasteiger partial charge on any atom is -0.494 e. The van der Waals surface area contributed by atoms with Gasteiger partial charge in [-0.05, 0) is 36.6 Å². The Morgan fingerprint density at radius 3 is 2.29 bits per heavy atom. The van der Waals surface area contributed by atoms with Gasteiger partial charge in [-0.15, -0.1) is 0 Å². The van der Waals surface area contributed by atoms with E-state index in [0.29, 0.717) is 18.2 Å². The maximum Gasteiger partial charge on any atom is 0.257 e. The lowest BCUT2D eigenvalue weighted by atomic mass is 10.2. The van der Waals surface area contributed by atoms with Gasteiger partial charge in [0.2, 0.25) is 0 Å². The topological polar surface area (TPSA) is 47.6 Å². The number of benzene rings is 1. The average molecular weight is 293 g/mol. The monoisotopic (exact) mass is 293 g/mol. The molecule has 0 aliphatic heterocycles. The summed E-state index contributed by atoms with van der Waals surface area (Å²) < 4.78 is 11.0. The fraction of sp³-hybridized carbons (Fsp3) is 0.588. The summed E-state index contributed by atoms with van der Waals surface area (Å²) in [5.41, 5.74) is 0. The van der Waals surface area contributed by atoms with Gasteiger partial charge < -0.3 is 14.8 Å². The molecule has 0 unspecified atom stereocenters. The maximum atomic E-state index is 11.5. The highest BCUT2D eigenvalue weighted by atomic mass is 16.5. The lowest BCUT2D eigenvalue weighted by Gasteiger charge is -2.10. The van der Waals surface area contributed by atoms with Crippen molar-refractivity contribution in [2.45, 2.75) is 40.0 Å². The van der Waals surface area contributed by atoms with Gasteiger partial charge in [-0.3, -0.25) is 4.79 Å². The smallest absolute Gasteiger partial charge is 0.257 e. The van der Waals surface area contributed by atoms with E-state index in [-0.39, 0.29) is 12.5 Å². The molecule has 0 radical (unpaired) electrons. The molecule has 0 fully saturated rings. The molecule has 1 aromatic carbocycles. The second kappa shape index (κ2) is 10.1. The van der Waals surface area contributed by atoms with Crippen LogP contribution < -0.4 is 14.8 Å². The summed E-state index contributed by atoms with van der Waals surface area (Å²) in [7, 11) is 0. The quantitative estimate of drug-likeness (QED) is 0.673. The van der Waals surface area contributed by atoms with Crippen molar-refractivity contribution in [1.82, 2.24) is 5.32 Å². The van der Waals surface area contributed by atoms with Gasteiger partial charge in [0.05, 0.1) is 6.61 Å². The highest BCUT2D eigenvalue weighted by molar-refractivity contribution is 5.77. The largest absolute Gasteiger partial charge is 0.494 e. The molecule has 1 amide bonds. The van der Waals surface area contributed by atoms with Crippen LogP contribution in [-0.2, 0) is 4.79 Å². The van der Waals surface area contributed by atoms with Crippen molar-refractivity contribution in [2.24, 2.45) is 5.92 Å². The van der Waals surface area contributed by atoms with E-state index in [4.69, 9.17) is 9.47 Å². The summed E-state index contributed by atoms with van der Waals surface area (Å²) >= 11 is 0. The fourth-order valence-corrected chi connectivity index (χ4v) is 1.69. The molecule has 0 bridgehead atoms. The van der Waals surface area contributed by atoms with E-state index in [0.717, 1.165) is 18.8 Å². The maximum absolute atomic E-state index is 11.5. The summed E-state index contributed by atoms with van der Waals surface area (Å²) in [5.74, 6) is 1.86. The number of ether oxygens (including phenoxy) is 2. The van der Waals surface area contributed by atoms with Crippen LogP contribution >= 0.6 is 0 Å². The number of hydrogen-bond donors (Lipinski definition) is 1. The van der Waals surface area contributed by atoms with E-state index in [1.165, 1.54) is 12.8 Å². The SMILES string of the molecule is CCCCCOc1ccc(OCC(=O)NCC(C)C)cc1. The molecule has 0 saturated heterocycles. The van der Waals surface area contributed by atoms with Crippen LogP contribution in [0.3, 0.4) is 0 Å². The number of unbranched alkanes of at least 4 members (excludes halogenated alkanes) is 2. The second-order valence-electron chi connectivity index (χ2n) is 5.51. The first-order valence-electron chi connectivity index (χ1n) is 7.74. The summed E-state index contributed by atoms with van der Waals surface area (Å²) in [6.07, 6.45) is 3.45. The molecular weight excluding hydrogens is 266 g/mol. The van der Waals surface area contributed by atoms with Crippen molar-refractivity contribution in [2.75, 3.05) is 19.8 Å². The van der Waals surface area contributed by atoms with Gasteiger partial charge in [0.1, 0.15) is 11.5 Å². The van der Waals surface area contributed by atoms with Crippen LogP contribution in [0.1, 0.15) is 40.0 Å². The predicted octanol–water partition coefficient (Wildman–Crippen LogP) is 3.41. The van der Waals surface area contributed by atoms with Crippen molar-refractivity contribution >= 4 is 5.91 Å². The molecule has 0 spiro atoms. The number of hydrogen-bond acceptors (Lipinski definition) is 3. The van der Waals surface area contributed by atoms with Gasteiger partial charge in [0.25, 0.3) is 5.91 Å². The highest BCUT2D eigenvalue weighted by Crippen LogP contribution is 2.17. The molecule has 1 N–H and O–H groups in total. The molecule has 4 heteroatoms. The van der Waals surface area contributed by atoms with Crippen LogP contribution in [-0.4, -0.2) is 25.7 Å². The van der Waals surface area contributed by atoms with Gasteiger partial charge >= 0.3 is 0 Å². The predicted molar refractivity (Wildman–Crippen MR) is 84.8 cm³/mol. The summed E-state index contributed by atoms with van der Waals surface area (Å²) in [6, 6.07) is 7.39. The second-order valence-corrected chi connectivity index (χ2v) is 5.51. The van der Waals surface area contributed by atoms with Crippen LogP contribution in [0.15, 0.2) is 24.3 Å². The molecule has 0 aliphatic rings. The van der Waals surface area contributed by atoms with E-state index in [1.54, 1.807) is 0 Å². The third-order valence-corrected chi connectivity index (χ3v) is 2.92. The number of carbonyl (C=O) groups is 1. The van der Waals surface area contributed by atoms with Crippen LogP contribution in [0.25, 0.3) is 0 Å². The van der Waals surface area contributed by atoms with Gasteiger partial charge in [-0.25, -0.2) is 0 Å². The third-order valence-electron chi connectivity index (χ3n) is 2.92. The van der Waals surface area contributed by atoms with Gasteiger partial charge in [0.15, 0.2) is 6.61 Å². The Bertz CT molecular complexity index is 401. The van der Waals surface area contributed by atoms with E-state index in [1.807, 2.05) is 24.3 Å². The number of amides is 1. The Labute approximate surface area is 127 Å². The van der Waals surface area contributed by atoms with Crippen LogP contribution in [0, 0.1) is 5.92 Å². The minimum absolute atomic E-state index is 0.0451. The number of rotatable bonds is 10. The van der Waals surface area contributed by atoms with E-state index < -0.39 is 0 Å². The number of nitrogens with one attached hydrogen (secondary N) is 1. The van der Waals surface area contributed by atoms with Crippen molar-refractivity contribution < 1.29 is 14.3 Å². The summed E-state index contributed by atoms with van der Waals surface area (Å²) in [4.78, 5) is 11.5. The van der Waals surface area contributed by atoms with Crippen molar-refractivity contribution in [3.63, 3.8) is 0 Å². The Morgan fingerprint density at radius 2 is 1.71 bits per heavy atom. The Morgan fingerprint density at radius 1 is 1.10 bits per heavy atom. The molecule has 0 atom stereocenters. The zero-order valence-corrected chi connectivity index (χ0v) is 13.4. The molecule has 0 heterocycles. The van der Waals surface area contributed by atoms with E-state index in [9.17, 15) is 4.79 Å². The van der Waals surface area contributed by atoms with E-state index >= 15 is 0 Å². The molecule has 1 aromatic rings. The van der Waals surface area contributed by atoms with E-state index in [2.05, 4.69) is 26.1 Å².